The minimum absolute atomic E-state index is 0.0805. The van der Waals surface area contributed by atoms with E-state index in [-0.39, 0.29) is 11.8 Å². The lowest BCUT2D eigenvalue weighted by molar-refractivity contribution is 0.443. The Hall–Kier alpha value is -1.25. The number of hydrogen-bond donors (Lipinski definition) is 2. The summed E-state index contributed by atoms with van der Waals surface area (Å²) in [5.74, 6) is 2.45. The van der Waals surface area contributed by atoms with Gasteiger partial charge in [0.05, 0.1) is 11.8 Å². The van der Waals surface area contributed by atoms with E-state index in [2.05, 4.69) is 41.6 Å². The summed E-state index contributed by atoms with van der Waals surface area (Å²) in [5, 5.41) is 6.43. The highest BCUT2D eigenvalue weighted by Crippen LogP contribution is 2.16. The molecule has 1 saturated heterocycles. The van der Waals surface area contributed by atoms with Crippen LogP contribution in [-0.4, -0.2) is 62.6 Å². The first-order valence-corrected chi connectivity index (χ1v) is 11.3. The molecule has 0 radical (unpaired) electrons. The Morgan fingerprint density at radius 3 is 2.64 bits per heavy atom. The molecule has 1 heterocycles. The molecule has 1 aliphatic heterocycles. The van der Waals surface area contributed by atoms with E-state index in [9.17, 15) is 8.42 Å². The van der Waals surface area contributed by atoms with Gasteiger partial charge in [0.1, 0.15) is 0 Å². The van der Waals surface area contributed by atoms with Gasteiger partial charge in [-0.15, -0.1) is 0 Å². The summed E-state index contributed by atoms with van der Waals surface area (Å²) in [6.07, 6.45) is 0. The van der Waals surface area contributed by atoms with Gasteiger partial charge in [0.25, 0.3) is 0 Å². The third kappa shape index (κ3) is 5.90. The molecule has 1 aliphatic rings. The molecule has 0 spiro atoms. The lowest BCUT2D eigenvalue weighted by atomic mass is 10.0. The molecular formula is C17H28N4O2S2. The van der Waals surface area contributed by atoms with Crippen LogP contribution in [-0.2, 0) is 10.0 Å². The number of sulfonamides is 1. The van der Waals surface area contributed by atoms with E-state index >= 15 is 0 Å². The van der Waals surface area contributed by atoms with Crippen LogP contribution in [0.25, 0.3) is 0 Å². The quantitative estimate of drug-likeness (QED) is 0.576. The topological polar surface area (TPSA) is 73.8 Å². The number of aliphatic imine (C=N–C) groups is 1. The maximum absolute atomic E-state index is 12.4. The van der Waals surface area contributed by atoms with Gasteiger partial charge in [-0.25, -0.2) is 12.7 Å². The fourth-order valence-corrected chi connectivity index (χ4v) is 5.29. The third-order valence-corrected chi connectivity index (χ3v) is 7.06. The second-order valence-corrected chi connectivity index (χ2v) is 9.36. The van der Waals surface area contributed by atoms with E-state index in [0.717, 1.165) is 11.5 Å². The Morgan fingerprint density at radius 1 is 1.32 bits per heavy atom. The monoisotopic (exact) mass is 384 g/mol. The van der Waals surface area contributed by atoms with Crippen molar-refractivity contribution in [3.63, 3.8) is 0 Å². The Labute approximate surface area is 155 Å². The normalized spacial score (nSPS) is 18.0. The van der Waals surface area contributed by atoms with Crippen molar-refractivity contribution in [1.82, 2.24) is 14.9 Å². The molecule has 8 heteroatoms. The van der Waals surface area contributed by atoms with Crippen LogP contribution < -0.4 is 10.6 Å². The summed E-state index contributed by atoms with van der Waals surface area (Å²) in [7, 11) is -1.51. The molecule has 2 N–H and O–H groups in total. The maximum Gasteiger partial charge on any atom is 0.215 e. The first-order chi connectivity index (χ1) is 11.9. The van der Waals surface area contributed by atoms with Gasteiger partial charge in [-0.05, 0) is 25.0 Å². The summed E-state index contributed by atoms with van der Waals surface area (Å²) < 4.78 is 26.3. The number of thioether (sulfide) groups is 1. The summed E-state index contributed by atoms with van der Waals surface area (Å²) in [4.78, 5) is 4.20. The van der Waals surface area contributed by atoms with Gasteiger partial charge in [-0.1, -0.05) is 24.3 Å². The van der Waals surface area contributed by atoms with Crippen LogP contribution in [0.15, 0.2) is 29.3 Å². The first-order valence-electron chi connectivity index (χ1n) is 8.52. The lowest BCUT2D eigenvalue weighted by Gasteiger charge is -2.26. The van der Waals surface area contributed by atoms with E-state index in [4.69, 9.17) is 0 Å². The standard InChI is InChI=1S/C17H28N4O2S2/c1-14-6-4-5-7-16(14)15(2)20-17(18-3)19-8-13-25(22,23)21-9-11-24-12-10-21/h4-7,15H,8-13H2,1-3H3,(H2,18,19,20). The summed E-state index contributed by atoms with van der Waals surface area (Å²) in [5.41, 5.74) is 2.41. The number of nitrogens with one attached hydrogen (secondary N) is 2. The van der Waals surface area contributed by atoms with Crippen molar-refractivity contribution in [2.24, 2.45) is 4.99 Å². The van der Waals surface area contributed by atoms with Crippen LogP contribution in [0.5, 0.6) is 0 Å². The molecule has 1 unspecified atom stereocenters. The van der Waals surface area contributed by atoms with Crippen LogP contribution in [0.3, 0.4) is 0 Å². The van der Waals surface area contributed by atoms with E-state index < -0.39 is 10.0 Å². The molecule has 0 aliphatic carbocycles. The van der Waals surface area contributed by atoms with Gasteiger partial charge in [0.2, 0.25) is 10.0 Å². The molecule has 1 fully saturated rings. The second kappa shape index (κ2) is 9.45. The molecule has 0 amide bonds. The molecule has 1 atom stereocenters. The smallest absolute Gasteiger partial charge is 0.215 e. The van der Waals surface area contributed by atoms with E-state index in [1.807, 2.05) is 12.1 Å². The third-order valence-electron chi connectivity index (χ3n) is 4.25. The first kappa shape index (κ1) is 20.1. The largest absolute Gasteiger partial charge is 0.355 e. The zero-order chi connectivity index (χ0) is 18.3. The molecule has 2 rings (SSSR count). The minimum Gasteiger partial charge on any atom is -0.355 e. The predicted octanol–water partition coefficient (Wildman–Crippen LogP) is 1.60. The second-order valence-electron chi connectivity index (χ2n) is 6.05. The average molecular weight is 385 g/mol. The van der Waals surface area contributed by atoms with Gasteiger partial charge in [-0.3, -0.25) is 4.99 Å². The number of aryl methyl sites for hydroxylation is 1. The Morgan fingerprint density at radius 2 is 2.00 bits per heavy atom. The number of nitrogens with zero attached hydrogens (tertiary/aromatic N) is 2. The van der Waals surface area contributed by atoms with Crippen LogP contribution in [0, 0.1) is 6.92 Å². The minimum atomic E-state index is -3.20. The van der Waals surface area contributed by atoms with Crippen molar-refractivity contribution in [3.8, 4) is 0 Å². The summed E-state index contributed by atoms with van der Waals surface area (Å²) >= 11 is 1.80. The fraction of sp³-hybridized carbons (Fsp3) is 0.588. The van der Waals surface area contributed by atoms with E-state index in [1.165, 1.54) is 11.1 Å². The van der Waals surface area contributed by atoms with Gasteiger partial charge in [0, 0.05) is 38.2 Å². The number of rotatable bonds is 6. The van der Waals surface area contributed by atoms with Crippen molar-refractivity contribution in [1.29, 1.82) is 0 Å². The van der Waals surface area contributed by atoms with E-state index in [0.29, 0.717) is 25.6 Å². The predicted molar refractivity (Wildman–Crippen MR) is 107 cm³/mol. The molecule has 140 valence electrons. The summed E-state index contributed by atoms with van der Waals surface area (Å²) in [6, 6.07) is 8.28. The highest BCUT2D eigenvalue weighted by Gasteiger charge is 2.23. The highest BCUT2D eigenvalue weighted by molar-refractivity contribution is 7.99. The molecule has 0 saturated carbocycles. The number of hydrogen-bond acceptors (Lipinski definition) is 4. The Bertz CT molecular complexity index is 686. The molecular weight excluding hydrogens is 356 g/mol. The Kier molecular flexibility index (Phi) is 7.58. The highest BCUT2D eigenvalue weighted by atomic mass is 32.2. The Balaban J connectivity index is 1.85. The van der Waals surface area contributed by atoms with Crippen LogP contribution in [0.1, 0.15) is 24.1 Å². The van der Waals surface area contributed by atoms with Gasteiger partial charge in [-0.2, -0.15) is 11.8 Å². The molecule has 0 bridgehead atoms. The fourth-order valence-electron chi connectivity index (χ4n) is 2.80. The van der Waals surface area contributed by atoms with Crippen LogP contribution in [0.2, 0.25) is 0 Å². The van der Waals surface area contributed by atoms with Gasteiger partial charge < -0.3 is 10.6 Å². The average Bonchev–Trinajstić information content (AvgIpc) is 2.61. The molecule has 1 aromatic carbocycles. The van der Waals surface area contributed by atoms with Crippen LogP contribution >= 0.6 is 11.8 Å². The van der Waals surface area contributed by atoms with Gasteiger partial charge >= 0.3 is 0 Å². The lowest BCUT2D eigenvalue weighted by Crippen LogP contribution is -2.44. The van der Waals surface area contributed by atoms with Crippen molar-refractivity contribution >= 4 is 27.7 Å². The SMILES string of the molecule is CN=C(NCCS(=O)(=O)N1CCSCC1)NC(C)c1ccccc1C. The maximum atomic E-state index is 12.4. The summed E-state index contributed by atoms with van der Waals surface area (Å²) in [6.45, 7) is 5.71. The van der Waals surface area contributed by atoms with Crippen molar-refractivity contribution < 1.29 is 8.42 Å². The number of guanidine groups is 1. The molecule has 25 heavy (non-hydrogen) atoms. The van der Waals surface area contributed by atoms with Crippen LogP contribution in [0.4, 0.5) is 0 Å². The zero-order valence-electron chi connectivity index (χ0n) is 15.2. The van der Waals surface area contributed by atoms with Crippen molar-refractivity contribution in [2.75, 3.05) is 43.9 Å². The van der Waals surface area contributed by atoms with Crippen molar-refractivity contribution in [2.45, 2.75) is 19.9 Å². The molecule has 1 aromatic rings. The van der Waals surface area contributed by atoms with Gasteiger partial charge in [0.15, 0.2) is 5.96 Å². The number of benzene rings is 1. The van der Waals surface area contributed by atoms with Crippen molar-refractivity contribution in [3.05, 3.63) is 35.4 Å². The molecule has 0 aromatic heterocycles. The molecule has 6 nitrogen and oxygen atoms in total. The van der Waals surface area contributed by atoms with E-state index in [1.54, 1.807) is 23.1 Å². The zero-order valence-corrected chi connectivity index (χ0v) is 16.8.